The summed E-state index contributed by atoms with van der Waals surface area (Å²) in [5.41, 5.74) is 5.33. The number of aromatic nitrogens is 1. The summed E-state index contributed by atoms with van der Waals surface area (Å²) >= 11 is 3.42. The molecule has 1 aromatic carbocycles. The highest BCUT2D eigenvalue weighted by Gasteiger charge is 2.22. The molecule has 0 bridgehead atoms. The van der Waals surface area contributed by atoms with Crippen molar-refractivity contribution in [2.75, 3.05) is 18.9 Å². The van der Waals surface area contributed by atoms with E-state index in [9.17, 15) is 20.1 Å². The summed E-state index contributed by atoms with van der Waals surface area (Å²) in [4.78, 5) is 27.0. The van der Waals surface area contributed by atoms with Gasteiger partial charge in [0.1, 0.15) is 29.1 Å². The Morgan fingerprint density at radius 1 is 1.21 bits per heavy atom. The number of aromatic amines is 1. The number of nitrogen functional groups attached to an aromatic ring is 1. The molecule has 1 fully saturated rings. The molecule has 3 rings (SSSR count). The Bertz CT molecular complexity index is 1190. The number of hydrogen-bond donors (Lipinski definition) is 3. The number of pyridine rings is 1. The van der Waals surface area contributed by atoms with Gasteiger partial charge in [0.15, 0.2) is 18.1 Å². The van der Waals surface area contributed by atoms with Gasteiger partial charge in [-0.1, -0.05) is 19.3 Å². The Kier molecular flexibility index (Phi) is 7.96. The molecule has 10 heteroatoms. The summed E-state index contributed by atoms with van der Waals surface area (Å²) in [6.07, 6.45) is 5.34. The average Bonchev–Trinajstić information content (AvgIpc) is 2.78. The largest absolute Gasteiger partial charge is 0.490 e. The first-order valence-electron chi connectivity index (χ1n) is 10.6. The number of nitrogens with zero attached hydrogens (tertiary/aromatic N) is 2. The van der Waals surface area contributed by atoms with Gasteiger partial charge in [0.05, 0.1) is 11.1 Å². The van der Waals surface area contributed by atoms with Crippen LogP contribution in [-0.4, -0.2) is 30.1 Å². The molecule has 0 atom stereocenters. The Labute approximate surface area is 199 Å². The molecule has 9 nitrogen and oxygen atoms in total. The number of nitrogens with two attached hydrogens (primary N) is 1. The Hall–Kier alpha value is -3.50. The van der Waals surface area contributed by atoms with Crippen molar-refractivity contribution in [1.29, 1.82) is 10.5 Å². The molecule has 1 saturated carbocycles. The molecule has 0 unspecified atom stereocenters. The molecule has 172 valence electrons. The molecule has 1 heterocycles. The average molecular weight is 514 g/mol. The number of nitrogens with one attached hydrogen (secondary N) is 2. The number of halogens is 1. The maximum Gasteiger partial charge on any atom is 0.268 e. The zero-order valence-electron chi connectivity index (χ0n) is 18.2. The van der Waals surface area contributed by atoms with Crippen molar-refractivity contribution in [3.63, 3.8) is 0 Å². The number of amides is 1. The van der Waals surface area contributed by atoms with E-state index in [0.29, 0.717) is 28.1 Å². The van der Waals surface area contributed by atoms with Gasteiger partial charge in [0.25, 0.3) is 11.5 Å². The van der Waals surface area contributed by atoms with E-state index >= 15 is 0 Å². The lowest BCUT2D eigenvalue weighted by Gasteiger charge is -2.23. The zero-order chi connectivity index (χ0) is 24.0. The number of ether oxygens (including phenoxy) is 2. The molecule has 1 amide bonds. The third-order valence-corrected chi connectivity index (χ3v) is 5.97. The second-order valence-electron chi connectivity index (χ2n) is 7.63. The van der Waals surface area contributed by atoms with Gasteiger partial charge in [0, 0.05) is 11.6 Å². The molecule has 2 aromatic rings. The molecular weight excluding hydrogens is 490 g/mol. The van der Waals surface area contributed by atoms with Crippen LogP contribution in [0.25, 0.3) is 11.1 Å². The highest BCUT2D eigenvalue weighted by atomic mass is 79.9. The van der Waals surface area contributed by atoms with Crippen LogP contribution in [0.4, 0.5) is 5.82 Å². The summed E-state index contributed by atoms with van der Waals surface area (Å²) in [7, 11) is 0. The SMILES string of the molecule is CCOc1cc(-c2c(C#N)c(N)[nH]c(=O)c2C#N)cc(Br)c1OCC(=O)NC1CCCCC1. The summed E-state index contributed by atoms with van der Waals surface area (Å²) < 4.78 is 11.9. The molecule has 4 N–H and O–H groups in total. The standard InChI is InChI=1S/C23H24BrN5O4/c1-2-32-18-9-13(20-15(10-25)22(27)29-23(31)16(20)11-26)8-17(24)21(18)33-12-19(30)28-14-6-4-3-5-7-14/h8-9,14H,2-7,12H2,1H3,(H,28,30)(H3,27,29,31). The van der Waals surface area contributed by atoms with E-state index in [1.54, 1.807) is 19.1 Å². The fraction of sp³-hybridized carbons (Fsp3) is 0.391. The normalized spacial score (nSPS) is 13.6. The Balaban J connectivity index is 1.94. The van der Waals surface area contributed by atoms with E-state index in [2.05, 4.69) is 26.2 Å². The van der Waals surface area contributed by atoms with Gasteiger partial charge in [-0.15, -0.1) is 0 Å². The fourth-order valence-electron chi connectivity index (χ4n) is 3.90. The van der Waals surface area contributed by atoms with E-state index in [1.807, 2.05) is 12.1 Å². The minimum absolute atomic E-state index is 0.0268. The van der Waals surface area contributed by atoms with Crippen molar-refractivity contribution in [1.82, 2.24) is 10.3 Å². The number of H-pyrrole nitrogens is 1. The van der Waals surface area contributed by atoms with Crippen LogP contribution in [0.5, 0.6) is 11.5 Å². The molecule has 33 heavy (non-hydrogen) atoms. The lowest BCUT2D eigenvalue weighted by Crippen LogP contribution is -2.39. The monoisotopic (exact) mass is 513 g/mol. The van der Waals surface area contributed by atoms with Crippen LogP contribution in [0, 0.1) is 22.7 Å². The summed E-state index contributed by atoms with van der Waals surface area (Å²) in [6, 6.07) is 7.09. The van der Waals surface area contributed by atoms with Crippen LogP contribution in [0.2, 0.25) is 0 Å². The van der Waals surface area contributed by atoms with E-state index in [1.165, 1.54) is 6.42 Å². The van der Waals surface area contributed by atoms with Crippen LogP contribution in [0.1, 0.15) is 50.2 Å². The van der Waals surface area contributed by atoms with E-state index in [0.717, 1.165) is 25.7 Å². The van der Waals surface area contributed by atoms with Crippen molar-refractivity contribution in [2.45, 2.75) is 45.1 Å². The Morgan fingerprint density at radius 3 is 2.55 bits per heavy atom. The molecule has 0 aliphatic heterocycles. The zero-order valence-corrected chi connectivity index (χ0v) is 19.8. The smallest absolute Gasteiger partial charge is 0.268 e. The van der Waals surface area contributed by atoms with Crippen molar-refractivity contribution in [2.24, 2.45) is 0 Å². The molecule has 1 aliphatic rings. The van der Waals surface area contributed by atoms with Crippen LogP contribution in [0.3, 0.4) is 0 Å². The molecule has 1 aliphatic carbocycles. The minimum Gasteiger partial charge on any atom is -0.490 e. The van der Waals surface area contributed by atoms with E-state index in [4.69, 9.17) is 15.2 Å². The topological polar surface area (TPSA) is 154 Å². The second-order valence-corrected chi connectivity index (χ2v) is 8.48. The number of rotatable bonds is 7. The first kappa shape index (κ1) is 24.1. The first-order chi connectivity index (χ1) is 15.9. The highest BCUT2D eigenvalue weighted by molar-refractivity contribution is 9.10. The highest BCUT2D eigenvalue weighted by Crippen LogP contribution is 2.41. The third-order valence-electron chi connectivity index (χ3n) is 5.38. The summed E-state index contributed by atoms with van der Waals surface area (Å²) in [5, 5.41) is 22.1. The van der Waals surface area contributed by atoms with Crippen LogP contribution in [0.15, 0.2) is 21.4 Å². The Morgan fingerprint density at radius 2 is 1.91 bits per heavy atom. The molecule has 1 aromatic heterocycles. The van der Waals surface area contributed by atoms with Gasteiger partial charge < -0.3 is 25.5 Å². The van der Waals surface area contributed by atoms with Crippen molar-refractivity contribution >= 4 is 27.7 Å². The predicted molar refractivity (Wildman–Crippen MR) is 126 cm³/mol. The number of anilines is 1. The molecular formula is C23H24BrN5O4. The van der Waals surface area contributed by atoms with Crippen molar-refractivity contribution in [3.05, 3.63) is 38.1 Å². The van der Waals surface area contributed by atoms with Gasteiger partial charge in [-0.05, 0) is 53.4 Å². The van der Waals surface area contributed by atoms with Gasteiger partial charge in [-0.3, -0.25) is 9.59 Å². The summed E-state index contributed by atoms with van der Waals surface area (Å²) in [5.74, 6) is 0.236. The number of hydrogen-bond acceptors (Lipinski definition) is 7. The first-order valence-corrected chi connectivity index (χ1v) is 11.4. The van der Waals surface area contributed by atoms with Crippen LogP contribution in [-0.2, 0) is 4.79 Å². The fourth-order valence-corrected chi connectivity index (χ4v) is 4.46. The second kappa shape index (κ2) is 10.9. The summed E-state index contributed by atoms with van der Waals surface area (Å²) in [6.45, 7) is 1.89. The van der Waals surface area contributed by atoms with Gasteiger partial charge in [-0.2, -0.15) is 10.5 Å². The van der Waals surface area contributed by atoms with Crippen molar-refractivity contribution < 1.29 is 14.3 Å². The van der Waals surface area contributed by atoms with Gasteiger partial charge in [-0.25, -0.2) is 0 Å². The number of carbonyl (C=O) groups is 1. The van der Waals surface area contributed by atoms with Gasteiger partial charge in [0.2, 0.25) is 0 Å². The lowest BCUT2D eigenvalue weighted by atomic mass is 9.95. The van der Waals surface area contributed by atoms with Gasteiger partial charge >= 0.3 is 0 Å². The van der Waals surface area contributed by atoms with Crippen LogP contribution >= 0.6 is 15.9 Å². The quantitative estimate of drug-likeness (QED) is 0.512. The minimum atomic E-state index is -0.696. The number of benzene rings is 1. The molecule has 0 saturated heterocycles. The number of carbonyl (C=O) groups excluding carboxylic acids is 1. The maximum atomic E-state index is 12.4. The number of nitriles is 2. The van der Waals surface area contributed by atoms with E-state index < -0.39 is 5.56 Å². The predicted octanol–water partition coefficient (Wildman–Crippen LogP) is 3.36. The molecule has 0 spiro atoms. The maximum absolute atomic E-state index is 12.4. The molecule has 0 radical (unpaired) electrons. The van der Waals surface area contributed by atoms with E-state index in [-0.39, 0.29) is 41.1 Å². The third kappa shape index (κ3) is 5.47. The lowest BCUT2D eigenvalue weighted by molar-refractivity contribution is -0.124. The van der Waals surface area contributed by atoms with Crippen LogP contribution < -0.4 is 26.1 Å². The van der Waals surface area contributed by atoms with Crippen molar-refractivity contribution in [3.8, 4) is 34.8 Å².